The molecule has 0 spiro atoms. The lowest BCUT2D eigenvalue weighted by Crippen LogP contribution is -2.50. The Labute approximate surface area is 98.6 Å². The van der Waals surface area contributed by atoms with Crippen molar-refractivity contribution >= 4 is 5.84 Å². The van der Waals surface area contributed by atoms with Crippen LogP contribution in [0.4, 0.5) is 0 Å². The Morgan fingerprint density at radius 1 is 1.56 bits per heavy atom. The molecule has 94 valence electrons. The second-order valence-corrected chi connectivity index (χ2v) is 4.51. The van der Waals surface area contributed by atoms with E-state index in [2.05, 4.69) is 18.7 Å². The summed E-state index contributed by atoms with van der Waals surface area (Å²) in [5.41, 5.74) is 5.62. The fourth-order valence-corrected chi connectivity index (χ4v) is 2.34. The van der Waals surface area contributed by atoms with Crippen LogP contribution in [0.1, 0.15) is 39.5 Å². The van der Waals surface area contributed by atoms with E-state index >= 15 is 0 Å². The minimum Gasteiger partial charge on any atom is -0.386 e. The number of nitrogens with two attached hydrogens (primary N) is 1. The molecule has 0 aromatic heterocycles. The molecule has 0 bridgehead atoms. The third-order valence-corrected chi connectivity index (χ3v) is 3.15. The molecule has 0 radical (unpaired) electrons. The number of likely N-dealkylation sites (tertiary alicyclic amines) is 1. The van der Waals surface area contributed by atoms with Crippen molar-refractivity contribution in [1.29, 1.82) is 5.41 Å². The highest BCUT2D eigenvalue weighted by molar-refractivity contribution is 5.82. The second-order valence-electron chi connectivity index (χ2n) is 4.51. The summed E-state index contributed by atoms with van der Waals surface area (Å²) in [6.07, 6.45) is 4.61. The normalized spacial score (nSPS) is 24.2. The Hall–Kier alpha value is -0.610. The lowest BCUT2D eigenvalue weighted by atomic mass is 10.0. The average Bonchev–Trinajstić information content (AvgIpc) is 2.27. The first kappa shape index (κ1) is 13.5. The van der Waals surface area contributed by atoms with Crippen molar-refractivity contribution in [1.82, 2.24) is 4.90 Å². The first-order chi connectivity index (χ1) is 7.69. The smallest absolute Gasteiger partial charge is 0.108 e. The highest BCUT2D eigenvalue weighted by Gasteiger charge is 2.26. The average molecular weight is 227 g/mol. The van der Waals surface area contributed by atoms with E-state index in [1.165, 1.54) is 0 Å². The fourth-order valence-electron chi connectivity index (χ4n) is 2.34. The molecule has 3 N–H and O–H groups in total. The Morgan fingerprint density at radius 3 is 2.88 bits per heavy atom. The summed E-state index contributed by atoms with van der Waals surface area (Å²) in [4.78, 5) is 2.30. The lowest BCUT2D eigenvalue weighted by Gasteiger charge is -2.37. The minimum absolute atomic E-state index is 0.105. The van der Waals surface area contributed by atoms with Crippen LogP contribution in [0.2, 0.25) is 0 Å². The van der Waals surface area contributed by atoms with Crippen molar-refractivity contribution in [2.24, 2.45) is 5.73 Å². The van der Waals surface area contributed by atoms with E-state index in [9.17, 15) is 0 Å². The van der Waals surface area contributed by atoms with Crippen LogP contribution in [0.3, 0.4) is 0 Å². The van der Waals surface area contributed by atoms with Crippen LogP contribution < -0.4 is 5.73 Å². The number of piperidine rings is 1. The van der Waals surface area contributed by atoms with E-state index in [4.69, 9.17) is 15.9 Å². The third-order valence-electron chi connectivity index (χ3n) is 3.15. The highest BCUT2D eigenvalue weighted by Crippen LogP contribution is 2.17. The van der Waals surface area contributed by atoms with Crippen LogP contribution in [-0.4, -0.2) is 42.6 Å². The minimum atomic E-state index is 0.105. The summed E-state index contributed by atoms with van der Waals surface area (Å²) in [7, 11) is 0. The van der Waals surface area contributed by atoms with Gasteiger partial charge in [-0.15, -0.1) is 0 Å². The maximum atomic E-state index is 7.59. The molecule has 16 heavy (non-hydrogen) atoms. The van der Waals surface area contributed by atoms with Gasteiger partial charge in [0.05, 0.1) is 12.1 Å². The van der Waals surface area contributed by atoms with Crippen molar-refractivity contribution in [2.45, 2.75) is 51.7 Å². The number of hydrogen-bond acceptors (Lipinski definition) is 3. The number of nitrogens with one attached hydrogen (secondary N) is 1. The van der Waals surface area contributed by atoms with Gasteiger partial charge in [0.1, 0.15) is 5.84 Å². The molecule has 2 atom stereocenters. The molecule has 0 saturated carbocycles. The van der Waals surface area contributed by atoms with Gasteiger partial charge in [0, 0.05) is 13.2 Å². The highest BCUT2D eigenvalue weighted by atomic mass is 16.5. The van der Waals surface area contributed by atoms with Gasteiger partial charge in [-0.25, -0.2) is 0 Å². The maximum absolute atomic E-state index is 7.59. The molecule has 1 aliphatic heterocycles. The molecule has 4 heteroatoms. The largest absolute Gasteiger partial charge is 0.386 e. The maximum Gasteiger partial charge on any atom is 0.108 e. The van der Waals surface area contributed by atoms with Crippen LogP contribution in [0.25, 0.3) is 0 Å². The SMILES string of the molecule is CCCOC1CCCN(C(CC)C(=N)N)C1. The first-order valence-electron chi connectivity index (χ1n) is 6.38. The molecule has 0 aromatic carbocycles. The Morgan fingerprint density at radius 2 is 2.31 bits per heavy atom. The Bertz CT molecular complexity index is 220. The predicted octanol–water partition coefficient (Wildman–Crippen LogP) is 1.59. The monoisotopic (exact) mass is 227 g/mol. The van der Waals surface area contributed by atoms with Gasteiger partial charge in [-0.1, -0.05) is 13.8 Å². The van der Waals surface area contributed by atoms with Crippen molar-refractivity contribution in [3.8, 4) is 0 Å². The van der Waals surface area contributed by atoms with Crippen LogP contribution in [0.5, 0.6) is 0 Å². The van der Waals surface area contributed by atoms with Crippen LogP contribution in [0.15, 0.2) is 0 Å². The molecule has 0 amide bonds. The van der Waals surface area contributed by atoms with Gasteiger partial charge in [-0.3, -0.25) is 10.3 Å². The number of amidine groups is 1. The molecular weight excluding hydrogens is 202 g/mol. The van der Waals surface area contributed by atoms with E-state index in [0.29, 0.717) is 11.9 Å². The second kappa shape index (κ2) is 6.86. The van der Waals surface area contributed by atoms with Gasteiger partial charge in [0.2, 0.25) is 0 Å². The molecule has 1 fully saturated rings. The van der Waals surface area contributed by atoms with Crippen LogP contribution in [-0.2, 0) is 4.74 Å². The number of nitrogens with zero attached hydrogens (tertiary/aromatic N) is 1. The van der Waals surface area contributed by atoms with Crippen molar-refractivity contribution in [3.05, 3.63) is 0 Å². The molecule has 1 heterocycles. The molecule has 1 rings (SSSR count). The van der Waals surface area contributed by atoms with Crippen LogP contribution >= 0.6 is 0 Å². The van der Waals surface area contributed by atoms with Gasteiger partial charge in [0.15, 0.2) is 0 Å². The van der Waals surface area contributed by atoms with Gasteiger partial charge < -0.3 is 10.5 Å². The fraction of sp³-hybridized carbons (Fsp3) is 0.917. The number of rotatable bonds is 6. The van der Waals surface area contributed by atoms with Gasteiger partial charge >= 0.3 is 0 Å². The zero-order valence-electron chi connectivity index (χ0n) is 10.5. The summed E-state index contributed by atoms with van der Waals surface area (Å²) in [5, 5.41) is 7.59. The topological polar surface area (TPSA) is 62.3 Å². The van der Waals surface area contributed by atoms with Gasteiger partial charge in [-0.2, -0.15) is 0 Å². The molecule has 0 aliphatic carbocycles. The van der Waals surface area contributed by atoms with Crippen LogP contribution in [0, 0.1) is 5.41 Å². The first-order valence-corrected chi connectivity index (χ1v) is 6.38. The quantitative estimate of drug-likeness (QED) is 0.535. The molecule has 4 nitrogen and oxygen atoms in total. The zero-order valence-corrected chi connectivity index (χ0v) is 10.5. The van der Waals surface area contributed by atoms with Crippen molar-refractivity contribution < 1.29 is 4.74 Å². The standard InChI is InChI=1S/C12H25N3O/c1-3-8-16-10-6-5-7-15(9-10)11(4-2)12(13)14/h10-11H,3-9H2,1-2H3,(H3,13,14). The Kier molecular flexibility index (Phi) is 5.77. The Balaban J connectivity index is 2.45. The molecular formula is C12H25N3O. The summed E-state index contributed by atoms with van der Waals surface area (Å²) in [6, 6.07) is 0.105. The van der Waals surface area contributed by atoms with Crippen molar-refractivity contribution in [2.75, 3.05) is 19.7 Å². The van der Waals surface area contributed by atoms with E-state index in [1.54, 1.807) is 0 Å². The predicted molar refractivity (Wildman–Crippen MR) is 66.8 cm³/mol. The lowest BCUT2D eigenvalue weighted by molar-refractivity contribution is -0.00563. The number of ether oxygens (including phenoxy) is 1. The third kappa shape index (κ3) is 3.76. The van der Waals surface area contributed by atoms with Gasteiger partial charge in [-0.05, 0) is 32.2 Å². The van der Waals surface area contributed by atoms with Gasteiger partial charge in [0.25, 0.3) is 0 Å². The summed E-state index contributed by atoms with van der Waals surface area (Å²) in [6.45, 7) is 7.03. The summed E-state index contributed by atoms with van der Waals surface area (Å²) in [5.74, 6) is 0.290. The van der Waals surface area contributed by atoms with E-state index in [1.807, 2.05) is 0 Å². The molecule has 2 unspecified atom stereocenters. The summed E-state index contributed by atoms with van der Waals surface area (Å²) >= 11 is 0. The van der Waals surface area contributed by atoms with Crippen molar-refractivity contribution in [3.63, 3.8) is 0 Å². The molecule has 1 saturated heterocycles. The van der Waals surface area contributed by atoms with E-state index in [0.717, 1.165) is 45.4 Å². The number of hydrogen-bond donors (Lipinski definition) is 2. The summed E-state index contributed by atoms with van der Waals surface area (Å²) < 4.78 is 5.78. The molecule has 0 aromatic rings. The molecule has 1 aliphatic rings. The van der Waals surface area contributed by atoms with E-state index in [-0.39, 0.29) is 6.04 Å². The zero-order chi connectivity index (χ0) is 12.0. The van der Waals surface area contributed by atoms with E-state index < -0.39 is 0 Å².